The van der Waals surface area contributed by atoms with Crippen LogP contribution in [0.15, 0.2) is 54.6 Å². The molecule has 0 fully saturated rings. The monoisotopic (exact) mass is 283 g/mol. The lowest BCUT2D eigenvalue weighted by Crippen LogP contribution is -2.27. The van der Waals surface area contributed by atoms with Gasteiger partial charge in [0.1, 0.15) is 0 Å². The highest BCUT2D eigenvalue weighted by atomic mass is 16.3. The van der Waals surface area contributed by atoms with Crippen molar-refractivity contribution in [3.63, 3.8) is 0 Å². The Balaban J connectivity index is 1.76. The summed E-state index contributed by atoms with van der Waals surface area (Å²) in [5.74, 6) is -0.125. The predicted octanol–water partition coefficient (Wildman–Crippen LogP) is 2.78. The Morgan fingerprint density at radius 2 is 1.76 bits per heavy atom. The van der Waals surface area contributed by atoms with Crippen molar-refractivity contribution in [3.8, 4) is 0 Å². The zero-order valence-electron chi connectivity index (χ0n) is 12.3. The first-order valence-corrected chi connectivity index (χ1v) is 7.21. The van der Waals surface area contributed by atoms with Gasteiger partial charge in [-0.25, -0.2) is 0 Å². The Morgan fingerprint density at radius 1 is 1.10 bits per heavy atom. The molecule has 0 saturated heterocycles. The van der Waals surface area contributed by atoms with Crippen LogP contribution < -0.4 is 5.32 Å². The Kier molecular flexibility index (Phi) is 5.52. The summed E-state index contributed by atoms with van der Waals surface area (Å²) in [6.45, 7) is 2.65. The maximum atomic E-state index is 11.8. The third kappa shape index (κ3) is 4.72. The second kappa shape index (κ2) is 7.60. The van der Waals surface area contributed by atoms with E-state index < -0.39 is 6.10 Å². The van der Waals surface area contributed by atoms with Gasteiger partial charge in [0.05, 0.1) is 12.5 Å². The van der Waals surface area contributed by atoms with Gasteiger partial charge in [0.25, 0.3) is 0 Å². The number of aliphatic hydroxyl groups excluding tert-OH is 1. The minimum atomic E-state index is -0.746. The molecule has 2 rings (SSSR count). The van der Waals surface area contributed by atoms with E-state index in [2.05, 4.69) is 24.4 Å². The van der Waals surface area contributed by atoms with Crippen LogP contribution in [0.25, 0.3) is 0 Å². The van der Waals surface area contributed by atoms with Gasteiger partial charge < -0.3 is 10.4 Å². The minimum Gasteiger partial charge on any atom is -0.388 e. The van der Waals surface area contributed by atoms with Crippen molar-refractivity contribution in [1.82, 2.24) is 5.32 Å². The van der Waals surface area contributed by atoms with Crippen molar-refractivity contribution >= 4 is 5.91 Å². The summed E-state index contributed by atoms with van der Waals surface area (Å²) in [4.78, 5) is 11.8. The molecule has 0 aliphatic rings. The van der Waals surface area contributed by atoms with E-state index in [1.807, 2.05) is 42.5 Å². The molecule has 2 N–H and O–H groups in total. The minimum absolute atomic E-state index is 0.0950. The molecule has 1 atom stereocenters. The lowest BCUT2D eigenvalue weighted by molar-refractivity contribution is -0.123. The average Bonchev–Trinajstić information content (AvgIpc) is 2.50. The van der Waals surface area contributed by atoms with Crippen molar-refractivity contribution in [2.75, 3.05) is 6.54 Å². The van der Waals surface area contributed by atoms with Crippen molar-refractivity contribution in [2.45, 2.75) is 25.9 Å². The predicted molar refractivity (Wildman–Crippen MR) is 83.9 cm³/mol. The second-order valence-electron chi connectivity index (χ2n) is 5.16. The summed E-state index contributed by atoms with van der Waals surface area (Å²) in [5, 5.41) is 12.9. The molecule has 1 unspecified atom stereocenters. The van der Waals surface area contributed by atoms with Crippen LogP contribution in [0.4, 0.5) is 0 Å². The van der Waals surface area contributed by atoms with Crippen LogP contribution in [0.1, 0.15) is 29.2 Å². The number of rotatable bonds is 6. The van der Waals surface area contributed by atoms with E-state index in [9.17, 15) is 9.90 Å². The van der Waals surface area contributed by atoms with Gasteiger partial charge in [-0.3, -0.25) is 4.79 Å². The molecule has 0 bridgehead atoms. The molecular weight excluding hydrogens is 262 g/mol. The molecule has 0 heterocycles. The molecule has 1 amide bonds. The Bertz CT molecular complexity index is 581. The first-order chi connectivity index (χ1) is 10.2. The number of hydrogen-bond acceptors (Lipinski definition) is 2. The molecule has 0 radical (unpaired) electrons. The van der Waals surface area contributed by atoms with Gasteiger partial charge in [-0.05, 0) is 30.0 Å². The molecule has 0 spiro atoms. The molecule has 0 aliphatic carbocycles. The number of benzene rings is 2. The topological polar surface area (TPSA) is 49.3 Å². The van der Waals surface area contributed by atoms with Crippen LogP contribution in [-0.4, -0.2) is 17.6 Å². The number of carbonyl (C=O) groups is 1. The SMILES string of the molecule is Cc1ccccc1CCNC(=O)CC(O)c1ccccc1. The summed E-state index contributed by atoms with van der Waals surface area (Å²) < 4.78 is 0. The highest BCUT2D eigenvalue weighted by molar-refractivity contribution is 5.76. The molecule has 110 valence electrons. The first kappa shape index (κ1) is 15.3. The van der Waals surface area contributed by atoms with Crippen LogP contribution in [0.5, 0.6) is 0 Å². The largest absolute Gasteiger partial charge is 0.388 e. The number of carbonyl (C=O) groups excluding carboxylic acids is 1. The van der Waals surface area contributed by atoms with Crippen molar-refractivity contribution < 1.29 is 9.90 Å². The van der Waals surface area contributed by atoms with Gasteiger partial charge in [0.2, 0.25) is 5.91 Å². The van der Waals surface area contributed by atoms with E-state index in [4.69, 9.17) is 0 Å². The maximum Gasteiger partial charge on any atom is 0.222 e. The highest BCUT2D eigenvalue weighted by Crippen LogP contribution is 2.15. The van der Waals surface area contributed by atoms with Gasteiger partial charge in [0.15, 0.2) is 0 Å². The molecule has 2 aromatic rings. The molecule has 0 saturated carbocycles. The summed E-state index contributed by atoms with van der Waals surface area (Å²) in [7, 11) is 0. The number of hydrogen-bond donors (Lipinski definition) is 2. The summed E-state index contributed by atoms with van der Waals surface area (Å²) in [5.41, 5.74) is 3.24. The van der Waals surface area contributed by atoms with Crippen molar-refractivity contribution in [1.29, 1.82) is 0 Å². The van der Waals surface area contributed by atoms with Crippen LogP contribution in [-0.2, 0) is 11.2 Å². The Morgan fingerprint density at radius 3 is 2.48 bits per heavy atom. The smallest absolute Gasteiger partial charge is 0.222 e. The molecule has 0 aromatic heterocycles. The third-order valence-corrected chi connectivity index (χ3v) is 3.54. The normalized spacial score (nSPS) is 11.9. The molecule has 2 aromatic carbocycles. The van der Waals surface area contributed by atoms with Gasteiger partial charge in [-0.15, -0.1) is 0 Å². The number of aliphatic hydroxyl groups is 1. The lowest BCUT2D eigenvalue weighted by Gasteiger charge is -2.11. The molecule has 3 nitrogen and oxygen atoms in total. The average molecular weight is 283 g/mol. The van der Waals surface area contributed by atoms with Gasteiger partial charge in [-0.1, -0.05) is 54.6 Å². The Labute approximate surface area is 125 Å². The Hall–Kier alpha value is -2.13. The van der Waals surface area contributed by atoms with Crippen LogP contribution in [0, 0.1) is 6.92 Å². The van der Waals surface area contributed by atoms with Crippen LogP contribution in [0.2, 0.25) is 0 Å². The fourth-order valence-electron chi connectivity index (χ4n) is 2.27. The standard InChI is InChI=1S/C18H21NO2/c1-14-7-5-6-8-15(14)11-12-19-18(21)13-17(20)16-9-3-2-4-10-16/h2-10,17,20H,11-13H2,1H3,(H,19,21). The zero-order valence-corrected chi connectivity index (χ0v) is 12.3. The summed E-state index contributed by atoms with van der Waals surface area (Å²) in [6.07, 6.45) is 0.155. The van der Waals surface area contributed by atoms with Crippen molar-refractivity contribution in [2.24, 2.45) is 0 Å². The fourth-order valence-corrected chi connectivity index (χ4v) is 2.27. The van der Waals surface area contributed by atoms with Gasteiger partial charge in [-0.2, -0.15) is 0 Å². The lowest BCUT2D eigenvalue weighted by atomic mass is 10.1. The quantitative estimate of drug-likeness (QED) is 0.856. The number of aryl methyl sites for hydroxylation is 1. The summed E-state index contributed by atoms with van der Waals surface area (Å²) >= 11 is 0. The molecule has 3 heteroatoms. The molecule has 21 heavy (non-hydrogen) atoms. The maximum absolute atomic E-state index is 11.8. The van der Waals surface area contributed by atoms with E-state index in [0.29, 0.717) is 6.54 Å². The van der Waals surface area contributed by atoms with Gasteiger partial charge in [0, 0.05) is 6.54 Å². The first-order valence-electron chi connectivity index (χ1n) is 7.21. The van der Waals surface area contributed by atoms with Crippen molar-refractivity contribution in [3.05, 3.63) is 71.3 Å². The van der Waals surface area contributed by atoms with Gasteiger partial charge >= 0.3 is 0 Å². The zero-order chi connectivity index (χ0) is 15.1. The third-order valence-electron chi connectivity index (χ3n) is 3.54. The number of amides is 1. The van der Waals surface area contributed by atoms with Crippen LogP contribution >= 0.6 is 0 Å². The van der Waals surface area contributed by atoms with E-state index in [0.717, 1.165) is 12.0 Å². The summed E-state index contributed by atoms with van der Waals surface area (Å²) in [6, 6.07) is 17.4. The van der Waals surface area contributed by atoms with E-state index >= 15 is 0 Å². The van der Waals surface area contributed by atoms with Crippen LogP contribution in [0.3, 0.4) is 0 Å². The number of nitrogens with one attached hydrogen (secondary N) is 1. The van der Waals surface area contributed by atoms with E-state index in [-0.39, 0.29) is 12.3 Å². The molecular formula is C18H21NO2. The second-order valence-corrected chi connectivity index (χ2v) is 5.16. The van der Waals surface area contributed by atoms with E-state index in [1.54, 1.807) is 0 Å². The molecule has 0 aliphatic heterocycles. The fraction of sp³-hybridized carbons (Fsp3) is 0.278. The highest BCUT2D eigenvalue weighted by Gasteiger charge is 2.12. The van der Waals surface area contributed by atoms with E-state index in [1.165, 1.54) is 11.1 Å².